The van der Waals surface area contributed by atoms with Gasteiger partial charge in [-0.2, -0.15) is 0 Å². The highest BCUT2D eigenvalue weighted by atomic mass is 35.5. The lowest BCUT2D eigenvalue weighted by atomic mass is 10.1. The summed E-state index contributed by atoms with van der Waals surface area (Å²) in [6.45, 7) is 2.60. The zero-order chi connectivity index (χ0) is 13.2. The van der Waals surface area contributed by atoms with Crippen molar-refractivity contribution in [1.29, 1.82) is 0 Å². The maximum atomic E-state index is 9.74. The number of aliphatic hydroxyl groups is 1. The number of aromatic nitrogens is 1. The number of rotatable bonds is 2. The molecule has 1 aromatic carbocycles. The van der Waals surface area contributed by atoms with Crippen LogP contribution >= 0.6 is 11.6 Å². The Balaban J connectivity index is 1.90. The summed E-state index contributed by atoms with van der Waals surface area (Å²) in [6, 6.07) is 7.88. The van der Waals surface area contributed by atoms with Gasteiger partial charge in [0.25, 0.3) is 0 Å². The number of aliphatic hydroxyl groups excluding tert-OH is 1. The van der Waals surface area contributed by atoms with Crippen molar-refractivity contribution in [3.05, 3.63) is 41.0 Å². The Labute approximate surface area is 117 Å². The van der Waals surface area contributed by atoms with Crippen molar-refractivity contribution in [1.82, 2.24) is 9.88 Å². The van der Waals surface area contributed by atoms with Crippen molar-refractivity contribution in [2.24, 2.45) is 0 Å². The van der Waals surface area contributed by atoms with E-state index in [0.29, 0.717) is 0 Å². The van der Waals surface area contributed by atoms with Crippen LogP contribution in [0.5, 0.6) is 0 Å². The summed E-state index contributed by atoms with van der Waals surface area (Å²) in [6.07, 6.45) is 3.57. The average molecular weight is 277 g/mol. The van der Waals surface area contributed by atoms with E-state index in [9.17, 15) is 5.11 Å². The maximum absolute atomic E-state index is 9.74. The molecular weight excluding hydrogens is 260 g/mol. The van der Waals surface area contributed by atoms with Gasteiger partial charge in [0.15, 0.2) is 0 Å². The average Bonchev–Trinajstić information content (AvgIpc) is 2.42. The summed E-state index contributed by atoms with van der Waals surface area (Å²) < 4.78 is 0. The number of likely N-dealkylation sites (tertiary alicyclic amines) is 1. The molecule has 0 bridgehead atoms. The van der Waals surface area contributed by atoms with Crippen LogP contribution in [0.25, 0.3) is 10.9 Å². The molecule has 0 unspecified atom stereocenters. The largest absolute Gasteiger partial charge is 0.392 e. The van der Waals surface area contributed by atoms with Gasteiger partial charge in [-0.05, 0) is 43.1 Å². The van der Waals surface area contributed by atoms with Gasteiger partial charge in [-0.15, -0.1) is 0 Å². The van der Waals surface area contributed by atoms with Gasteiger partial charge in [0, 0.05) is 29.7 Å². The fraction of sp³-hybridized carbons (Fsp3) is 0.400. The van der Waals surface area contributed by atoms with Crippen molar-refractivity contribution in [3.63, 3.8) is 0 Å². The molecule has 1 N–H and O–H groups in total. The summed E-state index contributed by atoms with van der Waals surface area (Å²) in [7, 11) is 0. The van der Waals surface area contributed by atoms with Gasteiger partial charge in [0.2, 0.25) is 0 Å². The zero-order valence-electron chi connectivity index (χ0n) is 10.7. The van der Waals surface area contributed by atoms with E-state index in [1.165, 1.54) is 5.56 Å². The molecule has 1 aliphatic rings. The van der Waals surface area contributed by atoms with Crippen LogP contribution in [-0.4, -0.2) is 34.2 Å². The molecule has 4 heteroatoms. The first-order chi connectivity index (χ1) is 9.24. The highest BCUT2D eigenvalue weighted by Crippen LogP contribution is 2.26. The Morgan fingerprint density at radius 3 is 3.11 bits per heavy atom. The third kappa shape index (κ3) is 2.73. The fourth-order valence-corrected chi connectivity index (χ4v) is 2.96. The number of pyridine rings is 1. The van der Waals surface area contributed by atoms with Crippen LogP contribution in [0.2, 0.25) is 5.02 Å². The van der Waals surface area contributed by atoms with Gasteiger partial charge in [-0.3, -0.25) is 9.88 Å². The van der Waals surface area contributed by atoms with Crippen molar-refractivity contribution in [2.45, 2.75) is 25.5 Å². The number of halogens is 1. The van der Waals surface area contributed by atoms with E-state index in [1.54, 1.807) is 6.20 Å². The van der Waals surface area contributed by atoms with E-state index in [4.69, 9.17) is 11.6 Å². The lowest BCUT2D eigenvalue weighted by molar-refractivity contribution is 0.0670. The minimum Gasteiger partial charge on any atom is -0.392 e. The Morgan fingerprint density at radius 2 is 2.26 bits per heavy atom. The van der Waals surface area contributed by atoms with E-state index in [-0.39, 0.29) is 6.10 Å². The Hall–Kier alpha value is -1.16. The SMILES string of the molecule is O[C@H]1CCCN(Cc2ccc(Cl)c3cccnc23)C1. The molecule has 0 saturated carbocycles. The van der Waals surface area contributed by atoms with E-state index in [0.717, 1.165) is 48.4 Å². The number of piperidine rings is 1. The molecule has 1 aliphatic heterocycles. The zero-order valence-corrected chi connectivity index (χ0v) is 11.5. The number of β-amino-alcohol motifs (C(OH)–C–C–N with tert-alkyl or cyclic N) is 1. The highest BCUT2D eigenvalue weighted by Gasteiger charge is 2.18. The van der Waals surface area contributed by atoms with Gasteiger partial charge in [0.05, 0.1) is 11.6 Å². The molecule has 100 valence electrons. The van der Waals surface area contributed by atoms with Crippen LogP contribution < -0.4 is 0 Å². The van der Waals surface area contributed by atoms with Crippen molar-refractivity contribution in [2.75, 3.05) is 13.1 Å². The molecule has 1 fully saturated rings. The fourth-order valence-electron chi connectivity index (χ4n) is 2.74. The number of nitrogens with zero attached hydrogens (tertiary/aromatic N) is 2. The minimum atomic E-state index is -0.194. The van der Waals surface area contributed by atoms with Crippen LogP contribution in [0.3, 0.4) is 0 Å². The normalized spacial score (nSPS) is 20.8. The molecule has 1 aromatic heterocycles. The standard InChI is InChI=1S/C15H17ClN2O/c16-14-6-5-11(15-13(14)4-1-7-17-15)9-18-8-2-3-12(19)10-18/h1,4-7,12,19H,2-3,8-10H2/t12-/m0/s1. The molecule has 0 radical (unpaired) electrons. The molecule has 0 aliphatic carbocycles. The molecule has 2 heterocycles. The number of fused-ring (bicyclic) bond motifs is 1. The molecule has 0 spiro atoms. The molecule has 3 nitrogen and oxygen atoms in total. The Bertz CT molecular complexity index is 587. The molecule has 1 atom stereocenters. The van der Waals surface area contributed by atoms with Crippen LogP contribution in [0.15, 0.2) is 30.5 Å². The summed E-state index contributed by atoms with van der Waals surface area (Å²) in [5.41, 5.74) is 2.14. The number of hydrogen-bond donors (Lipinski definition) is 1. The molecule has 3 rings (SSSR count). The highest BCUT2D eigenvalue weighted by molar-refractivity contribution is 6.35. The van der Waals surface area contributed by atoms with Gasteiger partial charge in [0.1, 0.15) is 0 Å². The molecule has 2 aromatic rings. The van der Waals surface area contributed by atoms with Gasteiger partial charge < -0.3 is 5.11 Å². The number of benzene rings is 1. The first kappa shape index (κ1) is 12.9. The van der Waals surface area contributed by atoms with Gasteiger partial charge >= 0.3 is 0 Å². The van der Waals surface area contributed by atoms with Crippen molar-refractivity contribution >= 4 is 22.5 Å². The van der Waals surface area contributed by atoms with E-state index in [1.807, 2.05) is 24.3 Å². The third-order valence-electron chi connectivity index (χ3n) is 3.67. The van der Waals surface area contributed by atoms with Crippen LogP contribution in [-0.2, 0) is 6.54 Å². The second-order valence-corrected chi connectivity index (χ2v) is 5.54. The van der Waals surface area contributed by atoms with Gasteiger partial charge in [-0.1, -0.05) is 17.7 Å². The van der Waals surface area contributed by atoms with E-state index in [2.05, 4.69) is 9.88 Å². The van der Waals surface area contributed by atoms with E-state index < -0.39 is 0 Å². The topological polar surface area (TPSA) is 36.4 Å². The quantitative estimate of drug-likeness (QED) is 0.916. The lowest BCUT2D eigenvalue weighted by Crippen LogP contribution is -2.37. The third-order valence-corrected chi connectivity index (χ3v) is 4.00. The monoisotopic (exact) mass is 276 g/mol. The Kier molecular flexibility index (Phi) is 3.69. The summed E-state index contributed by atoms with van der Waals surface area (Å²) in [5.74, 6) is 0. The lowest BCUT2D eigenvalue weighted by Gasteiger charge is -2.30. The maximum Gasteiger partial charge on any atom is 0.0761 e. The summed E-state index contributed by atoms with van der Waals surface area (Å²) in [5, 5.41) is 11.5. The predicted octanol–water partition coefficient (Wildman–Crippen LogP) is 2.84. The van der Waals surface area contributed by atoms with Crippen molar-refractivity contribution in [3.8, 4) is 0 Å². The Morgan fingerprint density at radius 1 is 1.37 bits per heavy atom. The number of hydrogen-bond acceptors (Lipinski definition) is 3. The smallest absolute Gasteiger partial charge is 0.0761 e. The summed E-state index contributed by atoms with van der Waals surface area (Å²) in [4.78, 5) is 6.74. The molecule has 0 amide bonds. The van der Waals surface area contributed by atoms with Crippen LogP contribution in [0, 0.1) is 0 Å². The van der Waals surface area contributed by atoms with Gasteiger partial charge in [-0.25, -0.2) is 0 Å². The first-order valence-electron chi connectivity index (χ1n) is 6.66. The summed E-state index contributed by atoms with van der Waals surface area (Å²) >= 11 is 6.20. The molecule has 19 heavy (non-hydrogen) atoms. The van der Waals surface area contributed by atoms with Crippen LogP contribution in [0.1, 0.15) is 18.4 Å². The predicted molar refractivity (Wildman–Crippen MR) is 77.3 cm³/mol. The minimum absolute atomic E-state index is 0.194. The van der Waals surface area contributed by atoms with Crippen molar-refractivity contribution < 1.29 is 5.11 Å². The second-order valence-electron chi connectivity index (χ2n) is 5.14. The first-order valence-corrected chi connectivity index (χ1v) is 7.04. The van der Waals surface area contributed by atoms with Crippen LogP contribution in [0.4, 0.5) is 0 Å². The molecule has 1 saturated heterocycles. The molecular formula is C15H17ClN2O. The van der Waals surface area contributed by atoms with E-state index >= 15 is 0 Å². The second kappa shape index (κ2) is 5.45.